The quantitative estimate of drug-likeness (QED) is 0.809. The number of hydrogen-bond donors (Lipinski definition) is 0. The molecular formula is C18H17NO2. The molecule has 0 N–H and O–H groups in total. The summed E-state index contributed by atoms with van der Waals surface area (Å²) >= 11 is 0. The van der Waals surface area contributed by atoms with E-state index in [0.29, 0.717) is 17.5 Å². The van der Waals surface area contributed by atoms with Gasteiger partial charge in [0.1, 0.15) is 0 Å². The Balaban J connectivity index is 1.89. The number of hydrogen-bond acceptors (Lipinski definition) is 2. The second-order valence-corrected chi connectivity index (χ2v) is 5.52. The Morgan fingerprint density at radius 2 is 1.67 bits per heavy atom. The summed E-state index contributed by atoms with van der Waals surface area (Å²) in [4.78, 5) is 26.5. The maximum absolute atomic E-state index is 12.6. The molecule has 1 aliphatic rings. The van der Waals surface area contributed by atoms with E-state index in [1.54, 1.807) is 6.07 Å². The van der Waals surface area contributed by atoms with E-state index in [0.717, 1.165) is 11.1 Å². The van der Waals surface area contributed by atoms with Crippen LogP contribution in [0.2, 0.25) is 0 Å². The fourth-order valence-electron chi connectivity index (χ4n) is 2.92. The number of aryl methyl sites for hydroxylation is 1. The lowest BCUT2D eigenvalue weighted by Crippen LogP contribution is -2.39. The van der Waals surface area contributed by atoms with Crippen LogP contribution in [0.4, 0.5) is 0 Å². The molecule has 0 bridgehead atoms. The lowest BCUT2D eigenvalue weighted by molar-refractivity contribution is 0.0596. The van der Waals surface area contributed by atoms with E-state index in [9.17, 15) is 9.59 Å². The molecule has 0 saturated carbocycles. The lowest BCUT2D eigenvalue weighted by Gasteiger charge is -2.22. The van der Waals surface area contributed by atoms with Crippen molar-refractivity contribution in [2.45, 2.75) is 26.3 Å². The van der Waals surface area contributed by atoms with E-state index in [4.69, 9.17) is 0 Å². The Bertz CT molecular complexity index is 706. The zero-order valence-electron chi connectivity index (χ0n) is 12.2. The maximum atomic E-state index is 12.6. The largest absolute Gasteiger partial charge is 0.271 e. The van der Waals surface area contributed by atoms with Crippen LogP contribution in [0.1, 0.15) is 38.8 Å². The first-order valence-electron chi connectivity index (χ1n) is 7.11. The number of imide groups is 1. The zero-order chi connectivity index (χ0) is 15.0. The molecule has 0 saturated heterocycles. The van der Waals surface area contributed by atoms with Crippen molar-refractivity contribution in [2.75, 3.05) is 0 Å². The highest BCUT2D eigenvalue weighted by atomic mass is 16.2. The lowest BCUT2D eigenvalue weighted by atomic mass is 10.0. The van der Waals surface area contributed by atoms with Crippen LogP contribution >= 0.6 is 0 Å². The average Bonchev–Trinajstić information content (AvgIpc) is 2.73. The molecule has 106 valence electrons. The van der Waals surface area contributed by atoms with Gasteiger partial charge in [0.15, 0.2) is 0 Å². The standard InChI is InChI=1S/C18H17NO2/c1-12-7-6-10-15-16(12)18(21)19(17(15)20)13(2)11-14-8-4-3-5-9-14/h3-10,13H,11H2,1-2H3. The molecule has 0 aliphatic carbocycles. The SMILES string of the molecule is Cc1cccc2c1C(=O)N(C(C)Cc1ccccc1)C2=O. The van der Waals surface area contributed by atoms with Crippen LogP contribution in [0.25, 0.3) is 0 Å². The minimum absolute atomic E-state index is 0.154. The van der Waals surface area contributed by atoms with Gasteiger partial charge in [0.25, 0.3) is 11.8 Å². The summed E-state index contributed by atoms with van der Waals surface area (Å²) < 4.78 is 0. The van der Waals surface area contributed by atoms with Gasteiger partial charge in [-0.05, 0) is 37.5 Å². The van der Waals surface area contributed by atoms with Gasteiger partial charge in [-0.15, -0.1) is 0 Å². The van der Waals surface area contributed by atoms with Crippen molar-refractivity contribution in [2.24, 2.45) is 0 Å². The third-order valence-electron chi connectivity index (χ3n) is 3.97. The minimum atomic E-state index is -0.179. The van der Waals surface area contributed by atoms with Gasteiger partial charge in [-0.25, -0.2) is 0 Å². The topological polar surface area (TPSA) is 37.4 Å². The number of benzene rings is 2. The van der Waals surface area contributed by atoms with Crippen molar-refractivity contribution in [3.8, 4) is 0 Å². The number of carbonyl (C=O) groups is 2. The molecule has 1 atom stereocenters. The first-order valence-corrected chi connectivity index (χ1v) is 7.11. The highest BCUT2D eigenvalue weighted by molar-refractivity contribution is 6.22. The molecule has 1 unspecified atom stereocenters. The number of amides is 2. The van der Waals surface area contributed by atoms with Crippen molar-refractivity contribution in [3.63, 3.8) is 0 Å². The highest BCUT2D eigenvalue weighted by Gasteiger charge is 2.39. The van der Waals surface area contributed by atoms with Gasteiger partial charge in [-0.1, -0.05) is 42.5 Å². The molecule has 0 fully saturated rings. The van der Waals surface area contributed by atoms with Crippen molar-refractivity contribution < 1.29 is 9.59 Å². The van der Waals surface area contributed by atoms with E-state index >= 15 is 0 Å². The third kappa shape index (κ3) is 2.25. The molecule has 1 heterocycles. The molecule has 2 amide bonds. The summed E-state index contributed by atoms with van der Waals surface area (Å²) in [6.45, 7) is 3.79. The molecule has 0 radical (unpaired) electrons. The van der Waals surface area contributed by atoms with Crippen LogP contribution < -0.4 is 0 Å². The summed E-state index contributed by atoms with van der Waals surface area (Å²) in [5, 5.41) is 0. The van der Waals surface area contributed by atoms with Gasteiger partial charge in [0.05, 0.1) is 11.1 Å². The van der Waals surface area contributed by atoms with Crippen molar-refractivity contribution >= 4 is 11.8 Å². The van der Waals surface area contributed by atoms with Gasteiger partial charge >= 0.3 is 0 Å². The molecule has 0 spiro atoms. The van der Waals surface area contributed by atoms with Crippen molar-refractivity contribution in [1.82, 2.24) is 4.90 Å². The van der Waals surface area contributed by atoms with Crippen LogP contribution in [0.3, 0.4) is 0 Å². The predicted octanol–water partition coefficient (Wildman–Crippen LogP) is 3.22. The van der Waals surface area contributed by atoms with Crippen LogP contribution in [-0.4, -0.2) is 22.8 Å². The van der Waals surface area contributed by atoms with Gasteiger partial charge in [0.2, 0.25) is 0 Å². The number of carbonyl (C=O) groups excluding carboxylic acids is 2. The third-order valence-corrected chi connectivity index (χ3v) is 3.97. The Hall–Kier alpha value is -2.42. The number of rotatable bonds is 3. The fourth-order valence-corrected chi connectivity index (χ4v) is 2.92. The molecule has 3 rings (SSSR count). The average molecular weight is 279 g/mol. The van der Waals surface area contributed by atoms with Gasteiger partial charge in [-0.2, -0.15) is 0 Å². The summed E-state index contributed by atoms with van der Waals surface area (Å²) in [6, 6.07) is 15.2. The smallest absolute Gasteiger partial charge is 0.262 e. The summed E-state index contributed by atoms with van der Waals surface area (Å²) in [7, 11) is 0. The molecule has 3 nitrogen and oxygen atoms in total. The summed E-state index contributed by atoms with van der Waals surface area (Å²) in [6.07, 6.45) is 0.672. The molecule has 0 aromatic heterocycles. The molecule has 1 aliphatic heterocycles. The molecular weight excluding hydrogens is 262 g/mol. The van der Waals surface area contributed by atoms with E-state index in [2.05, 4.69) is 0 Å². The normalized spacial score (nSPS) is 15.2. The predicted molar refractivity (Wildman–Crippen MR) is 81.3 cm³/mol. The number of nitrogens with zero attached hydrogens (tertiary/aromatic N) is 1. The Morgan fingerprint density at radius 1 is 0.952 bits per heavy atom. The monoisotopic (exact) mass is 279 g/mol. The Labute approximate surface area is 124 Å². The Morgan fingerprint density at radius 3 is 2.33 bits per heavy atom. The van der Waals surface area contributed by atoms with Gasteiger partial charge in [0, 0.05) is 6.04 Å². The highest BCUT2D eigenvalue weighted by Crippen LogP contribution is 2.28. The molecule has 21 heavy (non-hydrogen) atoms. The Kier molecular flexibility index (Phi) is 3.34. The first kappa shape index (κ1) is 13.6. The van der Waals surface area contributed by atoms with Gasteiger partial charge in [-0.3, -0.25) is 14.5 Å². The van der Waals surface area contributed by atoms with E-state index < -0.39 is 0 Å². The van der Waals surface area contributed by atoms with Crippen LogP contribution in [0, 0.1) is 6.92 Å². The van der Waals surface area contributed by atoms with Crippen molar-refractivity contribution in [1.29, 1.82) is 0 Å². The maximum Gasteiger partial charge on any atom is 0.262 e. The summed E-state index contributed by atoms with van der Waals surface area (Å²) in [5.41, 5.74) is 3.07. The first-order chi connectivity index (χ1) is 10.1. The van der Waals surface area contributed by atoms with Crippen molar-refractivity contribution in [3.05, 3.63) is 70.8 Å². The number of fused-ring (bicyclic) bond motifs is 1. The van der Waals surface area contributed by atoms with Crippen LogP contribution in [-0.2, 0) is 6.42 Å². The molecule has 2 aromatic rings. The van der Waals surface area contributed by atoms with E-state index in [1.807, 2.05) is 56.3 Å². The second-order valence-electron chi connectivity index (χ2n) is 5.52. The van der Waals surface area contributed by atoms with Gasteiger partial charge < -0.3 is 0 Å². The van der Waals surface area contributed by atoms with E-state index in [-0.39, 0.29) is 17.9 Å². The zero-order valence-corrected chi connectivity index (χ0v) is 12.2. The summed E-state index contributed by atoms with van der Waals surface area (Å²) in [5.74, 6) is -0.348. The molecule has 2 aromatic carbocycles. The van der Waals surface area contributed by atoms with E-state index in [1.165, 1.54) is 4.90 Å². The fraction of sp³-hybridized carbons (Fsp3) is 0.222. The van der Waals surface area contributed by atoms with Crippen LogP contribution in [0.5, 0.6) is 0 Å². The molecule has 3 heteroatoms. The van der Waals surface area contributed by atoms with Crippen LogP contribution in [0.15, 0.2) is 48.5 Å². The second kappa shape index (κ2) is 5.17. The minimum Gasteiger partial charge on any atom is -0.271 e.